The lowest BCUT2D eigenvalue weighted by Crippen LogP contribution is -2.41. The third kappa shape index (κ3) is 4.72. The molecule has 1 fully saturated rings. The summed E-state index contributed by atoms with van der Waals surface area (Å²) < 4.78 is 16.9. The van der Waals surface area contributed by atoms with Gasteiger partial charge in [0.1, 0.15) is 9.88 Å². The lowest BCUT2D eigenvalue weighted by molar-refractivity contribution is -0.109. The van der Waals surface area contributed by atoms with Gasteiger partial charge in [0.2, 0.25) is 0 Å². The lowest BCUT2D eigenvalue weighted by Gasteiger charge is -2.32. The molecule has 1 aromatic heterocycles. The summed E-state index contributed by atoms with van der Waals surface area (Å²) in [5.74, 6) is 0.00620. The van der Waals surface area contributed by atoms with Crippen LogP contribution in [0.15, 0.2) is 11.7 Å². The number of thioether (sulfide) groups is 1. The number of esters is 1. The van der Waals surface area contributed by atoms with Gasteiger partial charge in [-0.3, -0.25) is 4.79 Å². The molecule has 2 heterocycles. The number of methoxy groups -OCH3 is 1. The minimum absolute atomic E-state index is 0.0109. The van der Waals surface area contributed by atoms with E-state index in [-0.39, 0.29) is 5.12 Å². The number of rotatable bonds is 5. The van der Waals surface area contributed by atoms with Crippen LogP contribution in [0.5, 0.6) is 0 Å². The molecular weight excluding hydrogens is 361 g/mol. The number of thiazole rings is 1. The average molecular weight is 383 g/mol. The summed E-state index contributed by atoms with van der Waals surface area (Å²) in [6.07, 6.45) is 3.29. The van der Waals surface area contributed by atoms with Crippen LogP contribution in [0.25, 0.3) is 6.08 Å². The fourth-order valence-corrected chi connectivity index (χ4v) is 3.47. The van der Waals surface area contributed by atoms with Crippen LogP contribution in [0.2, 0.25) is 0 Å². The number of hydrogen-bond acceptors (Lipinski definition) is 8. The van der Waals surface area contributed by atoms with Crippen LogP contribution in [0.3, 0.4) is 0 Å². The summed E-state index contributed by atoms with van der Waals surface area (Å²) in [6, 6.07) is 0. The van der Waals surface area contributed by atoms with E-state index >= 15 is 0 Å². The largest absolute Gasteiger partial charge is 0.491 e. The van der Waals surface area contributed by atoms with Gasteiger partial charge in [-0.25, -0.2) is 9.78 Å². The molecule has 1 saturated heterocycles. The number of ether oxygens (including phenoxy) is 1. The molecule has 1 aromatic rings. The van der Waals surface area contributed by atoms with Crippen molar-refractivity contribution < 1.29 is 23.6 Å². The molecule has 25 heavy (non-hydrogen) atoms. The van der Waals surface area contributed by atoms with Gasteiger partial charge in [-0.1, -0.05) is 11.8 Å². The fraction of sp³-hybridized carbons (Fsp3) is 0.562. The van der Waals surface area contributed by atoms with E-state index in [4.69, 9.17) is 14.0 Å². The number of nitrogens with zero attached hydrogens (tertiary/aromatic N) is 1. The highest BCUT2D eigenvalue weighted by Gasteiger charge is 2.52. The number of carbonyl (C=O) groups is 2. The normalized spacial score (nSPS) is 19.1. The zero-order valence-corrected chi connectivity index (χ0v) is 16.9. The summed E-state index contributed by atoms with van der Waals surface area (Å²) in [7, 11) is 0.763. The van der Waals surface area contributed by atoms with Crippen LogP contribution in [-0.2, 0) is 18.8 Å². The summed E-state index contributed by atoms with van der Waals surface area (Å²) in [5.41, 5.74) is -0.153. The Hall–Kier alpha value is -1.16. The van der Waals surface area contributed by atoms with Gasteiger partial charge in [-0.05, 0) is 39.2 Å². The number of aromatic nitrogens is 1. The predicted octanol–water partition coefficient (Wildman–Crippen LogP) is 3.22. The molecule has 1 aliphatic rings. The fourth-order valence-electron chi connectivity index (χ4n) is 2.07. The topological polar surface area (TPSA) is 74.7 Å². The van der Waals surface area contributed by atoms with Crippen molar-refractivity contribution in [2.75, 3.05) is 12.9 Å². The van der Waals surface area contributed by atoms with Crippen LogP contribution in [0.1, 0.15) is 49.3 Å². The molecule has 2 rings (SSSR count). The van der Waals surface area contributed by atoms with E-state index in [2.05, 4.69) is 4.98 Å². The molecule has 0 amide bonds. The van der Waals surface area contributed by atoms with Crippen molar-refractivity contribution in [2.45, 2.75) is 45.8 Å². The Morgan fingerprint density at radius 3 is 2.44 bits per heavy atom. The standard InChI is InChI=1S/C16H22BNO5S2/c1-10(19)24-9-11(17-22-15(2,3)16(4,5)23-17)7-13-18-8-12(25-13)14(20)21-6/h7-8H,9H2,1-6H3. The molecule has 0 radical (unpaired) electrons. The molecule has 6 nitrogen and oxygen atoms in total. The summed E-state index contributed by atoms with van der Waals surface area (Å²) in [6.45, 7) is 9.41. The maximum absolute atomic E-state index is 11.6. The van der Waals surface area contributed by atoms with Gasteiger partial charge in [-0.15, -0.1) is 11.3 Å². The summed E-state index contributed by atoms with van der Waals surface area (Å²) in [4.78, 5) is 27.6. The molecule has 0 atom stereocenters. The van der Waals surface area contributed by atoms with Crippen LogP contribution < -0.4 is 0 Å². The molecule has 136 valence electrons. The Kier molecular flexibility index (Phi) is 6.14. The Morgan fingerprint density at radius 1 is 1.32 bits per heavy atom. The molecule has 0 aromatic carbocycles. The van der Waals surface area contributed by atoms with Crippen LogP contribution >= 0.6 is 23.1 Å². The Labute approximate surface area is 156 Å². The zero-order chi connectivity index (χ0) is 18.8. The van der Waals surface area contributed by atoms with E-state index in [9.17, 15) is 9.59 Å². The first-order valence-corrected chi connectivity index (χ1v) is 9.59. The summed E-state index contributed by atoms with van der Waals surface area (Å²) >= 11 is 2.40. The number of hydrogen-bond donors (Lipinski definition) is 0. The highest BCUT2D eigenvalue weighted by molar-refractivity contribution is 8.13. The van der Waals surface area contributed by atoms with Crippen molar-refractivity contribution in [3.05, 3.63) is 21.6 Å². The second-order valence-electron chi connectivity index (χ2n) is 6.64. The van der Waals surface area contributed by atoms with Crippen molar-refractivity contribution in [3.8, 4) is 0 Å². The van der Waals surface area contributed by atoms with E-state index in [1.807, 2.05) is 33.8 Å². The Morgan fingerprint density at radius 2 is 1.92 bits per heavy atom. The van der Waals surface area contributed by atoms with Crippen molar-refractivity contribution in [2.24, 2.45) is 0 Å². The smallest absolute Gasteiger partial charge is 0.465 e. The summed E-state index contributed by atoms with van der Waals surface area (Å²) in [5, 5.41) is 0.645. The van der Waals surface area contributed by atoms with Crippen LogP contribution in [0.4, 0.5) is 0 Å². The minimum Gasteiger partial charge on any atom is -0.465 e. The van der Waals surface area contributed by atoms with Gasteiger partial charge in [0.25, 0.3) is 0 Å². The zero-order valence-electron chi connectivity index (χ0n) is 15.2. The van der Waals surface area contributed by atoms with Gasteiger partial charge >= 0.3 is 13.1 Å². The molecule has 9 heteroatoms. The molecule has 0 unspecified atom stereocenters. The number of carbonyl (C=O) groups excluding carboxylic acids is 2. The first-order valence-electron chi connectivity index (χ1n) is 7.79. The van der Waals surface area contributed by atoms with Crippen molar-refractivity contribution >= 4 is 47.4 Å². The van der Waals surface area contributed by atoms with E-state index < -0.39 is 24.3 Å². The molecule has 0 saturated carbocycles. The van der Waals surface area contributed by atoms with Crippen molar-refractivity contribution in [1.82, 2.24) is 4.98 Å². The first kappa shape index (κ1) is 20.2. The quantitative estimate of drug-likeness (QED) is 0.571. The first-order chi connectivity index (χ1) is 11.6. The predicted molar refractivity (Wildman–Crippen MR) is 101 cm³/mol. The lowest BCUT2D eigenvalue weighted by atomic mass is 9.79. The van der Waals surface area contributed by atoms with E-state index in [1.54, 1.807) is 0 Å². The second-order valence-corrected chi connectivity index (χ2v) is 8.86. The van der Waals surface area contributed by atoms with E-state index in [1.165, 1.54) is 43.3 Å². The maximum atomic E-state index is 11.6. The van der Waals surface area contributed by atoms with Gasteiger partial charge in [0.05, 0.1) is 24.5 Å². The SMILES string of the molecule is COC(=O)c1cnc(C=C(CSC(C)=O)B2OC(C)(C)C(C)(C)O2)s1. The second kappa shape index (κ2) is 7.61. The molecule has 1 aliphatic heterocycles. The van der Waals surface area contributed by atoms with Gasteiger partial charge in [0.15, 0.2) is 5.12 Å². The van der Waals surface area contributed by atoms with E-state index in [0.717, 1.165) is 5.47 Å². The molecule has 0 bridgehead atoms. The molecular formula is C16H22BNO5S2. The Balaban J connectivity index is 2.28. The average Bonchev–Trinajstić information content (AvgIpc) is 3.05. The van der Waals surface area contributed by atoms with Gasteiger partial charge in [0, 0.05) is 12.7 Å². The Bertz CT molecular complexity index is 682. The third-order valence-electron chi connectivity index (χ3n) is 4.22. The van der Waals surface area contributed by atoms with Crippen molar-refractivity contribution in [1.29, 1.82) is 0 Å². The van der Waals surface area contributed by atoms with Gasteiger partial charge < -0.3 is 14.0 Å². The van der Waals surface area contributed by atoms with Gasteiger partial charge in [-0.2, -0.15) is 0 Å². The molecule has 0 spiro atoms. The van der Waals surface area contributed by atoms with Crippen LogP contribution in [-0.4, -0.2) is 47.3 Å². The third-order valence-corrected chi connectivity index (χ3v) is 6.03. The molecule has 0 aliphatic carbocycles. The minimum atomic E-state index is -0.567. The monoisotopic (exact) mass is 383 g/mol. The molecule has 0 N–H and O–H groups in total. The highest BCUT2D eigenvalue weighted by atomic mass is 32.2. The van der Waals surface area contributed by atoms with E-state index in [0.29, 0.717) is 15.6 Å². The van der Waals surface area contributed by atoms with Crippen molar-refractivity contribution in [3.63, 3.8) is 0 Å². The van der Waals surface area contributed by atoms with Crippen LogP contribution in [0, 0.1) is 0 Å². The highest BCUT2D eigenvalue weighted by Crippen LogP contribution is 2.39. The maximum Gasteiger partial charge on any atom is 0.491 e.